The molecule has 0 saturated carbocycles. The smallest absolute Gasteiger partial charge is 0.0991 e. The normalized spacial score (nSPS) is 14.2. The largest absolute Gasteiger partial charge is 0.318 e. The first-order valence-corrected chi connectivity index (χ1v) is 4.03. The molecule has 0 unspecified atom stereocenters. The summed E-state index contributed by atoms with van der Waals surface area (Å²) < 4.78 is 0. The third-order valence-corrected chi connectivity index (χ3v) is 2.06. The van der Waals surface area contributed by atoms with Crippen molar-refractivity contribution in [3.63, 3.8) is 0 Å². The predicted molar refractivity (Wildman–Crippen MR) is 52.9 cm³/mol. The molecule has 1 rings (SSSR count). The molecule has 0 fully saturated rings. The van der Waals surface area contributed by atoms with Crippen LogP contribution in [0.3, 0.4) is 0 Å². The number of nitrogens with two attached hydrogens (primary N) is 1. The second-order valence-corrected chi connectivity index (χ2v) is 3.18. The molecular weight excluding hydrogens is 160 g/mol. The van der Waals surface area contributed by atoms with Gasteiger partial charge < -0.3 is 5.73 Å². The molecule has 1 aromatic rings. The summed E-state index contributed by atoms with van der Waals surface area (Å²) in [5.74, 6) is 0. The van der Waals surface area contributed by atoms with Gasteiger partial charge in [0.15, 0.2) is 0 Å². The van der Waals surface area contributed by atoms with E-state index in [0.717, 1.165) is 5.56 Å². The fourth-order valence-corrected chi connectivity index (χ4v) is 1.02. The molecule has 66 valence electrons. The molecule has 0 amide bonds. The second kappa shape index (κ2) is 3.42. The van der Waals surface area contributed by atoms with E-state index in [2.05, 4.69) is 12.6 Å². The van der Waals surface area contributed by atoms with Gasteiger partial charge in [-0.1, -0.05) is 18.2 Å². The zero-order chi connectivity index (χ0) is 9.90. The van der Waals surface area contributed by atoms with Crippen molar-refractivity contribution in [3.05, 3.63) is 48.0 Å². The van der Waals surface area contributed by atoms with Crippen LogP contribution in [0.1, 0.15) is 18.1 Å². The van der Waals surface area contributed by atoms with Crippen molar-refractivity contribution in [2.45, 2.75) is 12.5 Å². The lowest BCUT2D eigenvalue weighted by Gasteiger charge is -2.20. The third-order valence-electron chi connectivity index (χ3n) is 2.06. The molecule has 1 atom stereocenters. The summed E-state index contributed by atoms with van der Waals surface area (Å²) in [5.41, 5.74) is 7.01. The summed E-state index contributed by atoms with van der Waals surface area (Å²) in [6.07, 6.45) is 1.69. The fraction of sp³-hybridized carbons (Fsp3) is 0.182. The Morgan fingerprint density at radius 1 is 1.46 bits per heavy atom. The van der Waals surface area contributed by atoms with Gasteiger partial charge >= 0.3 is 0 Å². The first kappa shape index (κ1) is 9.50. The van der Waals surface area contributed by atoms with Crippen LogP contribution < -0.4 is 5.73 Å². The number of benzene rings is 1. The van der Waals surface area contributed by atoms with Crippen LogP contribution in [0.15, 0.2) is 36.9 Å². The Morgan fingerprint density at radius 3 is 2.38 bits per heavy atom. The van der Waals surface area contributed by atoms with Crippen LogP contribution in [-0.2, 0) is 5.54 Å². The van der Waals surface area contributed by atoms with Crippen LogP contribution in [-0.4, -0.2) is 0 Å². The second-order valence-electron chi connectivity index (χ2n) is 3.18. The van der Waals surface area contributed by atoms with E-state index in [1.54, 1.807) is 18.2 Å². The van der Waals surface area contributed by atoms with E-state index >= 15 is 0 Å². The number of nitriles is 1. The zero-order valence-electron chi connectivity index (χ0n) is 7.62. The minimum atomic E-state index is -0.520. The van der Waals surface area contributed by atoms with E-state index in [0.29, 0.717) is 5.56 Å². The minimum absolute atomic E-state index is 0.520. The number of nitrogens with zero attached hydrogens (tertiary/aromatic N) is 1. The molecule has 0 bridgehead atoms. The van der Waals surface area contributed by atoms with E-state index in [-0.39, 0.29) is 0 Å². The Hall–Kier alpha value is -1.59. The monoisotopic (exact) mass is 172 g/mol. The van der Waals surface area contributed by atoms with Crippen molar-refractivity contribution in [1.82, 2.24) is 0 Å². The molecule has 0 heterocycles. The van der Waals surface area contributed by atoms with Gasteiger partial charge in [0.1, 0.15) is 0 Å². The topological polar surface area (TPSA) is 49.8 Å². The highest BCUT2D eigenvalue weighted by atomic mass is 14.7. The first-order valence-electron chi connectivity index (χ1n) is 4.03. The van der Waals surface area contributed by atoms with Gasteiger partial charge in [-0.3, -0.25) is 0 Å². The molecule has 1 aromatic carbocycles. The predicted octanol–water partition coefficient (Wildman–Crippen LogP) is 1.92. The summed E-state index contributed by atoms with van der Waals surface area (Å²) in [5, 5.41) is 8.59. The molecule has 2 nitrogen and oxygen atoms in total. The Bertz CT molecular complexity index is 341. The molecule has 0 aromatic heterocycles. The van der Waals surface area contributed by atoms with Crippen LogP contribution >= 0.6 is 0 Å². The van der Waals surface area contributed by atoms with Crippen molar-refractivity contribution in [2.75, 3.05) is 0 Å². The molecule has 2 N–H and O–H groups in total. The lowest BCUT2D eigenvalue weighted by molar-refractivity contribution is 0.632. The van der Waals surface area contributed by atoms with Crippen molar-refractivity contribution in [3.8, 4) is 6.07 Å². The van der Waals surface area contributed by atoms with Gasteiger partial charge in [0.25, 0.3) is 0 Å². The average molecular weight is 172 g/mol. The molecule has 0 radical (unpaired) electrons. The maximum absolute atomic E-state index is 8.59. The van der Waals surface area contributed by atoms with Gasteiger partial charge in [-0.2, -0.15) is 5.26 Å². The molecule has 0 saturated heterocycles. The van der Waals surface area contributed by atoms with Crippen LogP contribution in [0, 0.1) is 11.3 Å². The van der Waals surface area contributed by atoms with E-state index in [1.165, 1.54) is 0 Å². The summed E-state index contributed by atoms with van der Waals surface area (Å²) in [6.45, 7) is 5.54. The van der Waals surface area contributed by atoms with E-state index in [1.807, 2.05) is 19.1 Å². The standard InChI is InChI=1S/C11H12N2/c1-3-11(2,13)10-6-4-9(8-12)5-7-10/h3-7H,1,13H2,2H3/t11-/m1/s1. The van der Waals surface area contributed by atoms with Gasteiger partial charge in [0.2, 0.25) is 0 Å². The van der Waals surface area contributed by atoms with E-state index in [4.69, 9.17) is 11.0 Å². The van der Waals surface area contributed by atoms with Gasteiger partial charge in [-0.15, -0.1) is 6.58 Å². The van der Waals surface area contributed by atoms with Gasteiger partial charge in [-0.25, -0.2) is 0 Å². The highest BCUT2D eigenvalue weighted by Gasteiger charge is 2.15. The number of hydrogen-bond acceptors (Lipinski definition) is 2. The summed E-state index contributed by atoms with van der Waals surface area (Å²) in [4.78, 5) is 0. The highest BCUT2D eigenvalue weighted by molar-refractivity contribution is 5.35. The molecule has 13 heavy (non-hydrogen) atoms. The maximum Gasteiger partial charge on any atom is 0.0991 e. The van der Waals surface area contributed by atoms with Crippen LogP contribution in [0.25, 0.3) is 0 Å². The number of rotatable bonds is 2. The molecule has 2 heteroatoms. The quantitative estimate of drug-likeness (QED) is 0.693. The Kier molecular flexibility index (Phi) is 2.50. The third kappa shape index (κ3) is 1.95. The highest BCUT2D eigenvalue weighted by Crippen LogP contribution is 2.18. The fourth-order valence-electron chi connectivity index (χ4n) is 1.02. The van der Waals surface area contributed by atoms with Gasteiger partial charge in [0, 0.05) is 0 Å². The van der Waals surface area contributed by atoms with Crippen molar-refractivity contribution < 1.29 is 0 Å². The van der Waals surface area contributed by atoms with Gasteiger partial charge in [-0.05, 0) is 24.6 Å². The lowest BCUT2D eigenvalue weighted by atomic mass is 9.93. The molecule has 0 aliphatic heterocycles. The van der Waals surface area contributed by atoms with Crippen molar-refractivity contribution >= 4 is 0 Å². The molecular formula is C11H12N2. The van der Waals surface area contributed by atoms with Crippen molar-refractivity contribution in [2.24, 2.45) is 5.73 Å². The Balaban J connectivity index is 3.07. The molecule has 0 aliphatic rings. The Morgan fingerprint density at radius 2 is 2.00 bits per heavy atom. The minimum Gasteiger partial charge on any atom is -0.318 e. The molecule has 0 aliphatic carbocycles. The SMILES string of the molecule is C=C[C@@](C)(N)c1ccc(C#N)cc1. The number of hydrogen-bond donors (Lipinski definition) is 1. The lowest BCUT2D eigenvalue weighted by Crippen LogP contribution is -2.29. The zero-order valence-corrected chi connectivity index (χ0v) is 7.62. The van der Waals surface area contributed by atoms with E-state index in [9.17, 15) is 0 Å². The first-order chi connectivity index (χ1) is 6.10. The van der Waals surface area contributed by atoms with Crippen molar-refractivity contribution in [1.29, 1.82) is 5.26 Å². The van der Waals surface area contributed by atoms with Crippen LogP contribution in [0.5, 0.6) is 0 Å². The average Bonchev–Trinajstić information content (AvgIpc) is 2.18. The maximum atomic E-state index is 8.59. The summed E-state index contributed by atoms with van der Waals surface area (Å²) in [6, 6.07) is 9.26. The summed E-state index contributed by atoms with van der Waals surface area (Å²) in [7, 11) is 0. The molecule has 0 spiro atoms. The Labute approximate surface area is 78.3 Å². The van der Waals surface area contributed by atoms with E-state index < -0.39 is 5.54 Å². The van der Waals surface area contributed by atoms with Crippen LogP contribution in [0.4, 0.5) is 0 Å². The van der Waals surface area contributed by atoms with Crippen LogP contribution in [0.2, 0.25) is 0 Å². The van der Waals surface area contributed by atoms with Gasteiger partial charge in [0.05, 0.1) is 17.2 Å². The summed E-state index contributed by atoms with van der Waals surface area (Å²) >= 11 is 0.